The Morgan fingerprint density at radius 1 is 1.12 bits per heavy atom. The SMILES string of the molecule is CC(C)c1ccc(OC2=CC=CCC2)cc1. The monoisotopic (exact) mass is 214 g/mol. The van der Waals surface area contributed by atoms with E-state index >= 15 is 0 Å². The molecule has 0 bridgehead atoms. The van der Waals surface area contributed by atoms with Crippen molar-refractivity contribution >= 4 is 0 Å². The van der Waals surface area contributed by atoms with Crippen LogP contribution in [0.3, 0.4) is 0 Å². The first-order valence-electron chi connectivity index (χ1n) is 5.89. The molecule has 0 aromatic heterocycles. The van der Waals surface area contributed by atoms with Gasteiger partial charge in [-0.3, -0.25) is 0 Å². The lowest BCUT2D eigenvalue weighted by Gasteiger charge is -2.12. The van der Waals surface area contributed by atoms with Gasteiger partial charge in [0.05, 0.1) is 0 Å². The molecule has 0 unspecified atom stereocenters. The number of ether oxygens (including phenoxy) is 1. The van der Waals surface area contributed by atoms with Gasteiger partial charge in [0.15, 0.2) is 0 Å². The third-order valence-electron chi connectivity index (χ3n) is 2.77. The van der Waals surface area contributed by atoms with E-state index in [-0.39, 0.29) is 0 Å². The lowest BCUT2D eigenvalue weighted by atomic mass is 10.0. The zero-order valence-electron chi connectivity index (χ0n) is 9.94. The van der Waals surface area contributed by atoms with Crippen molar-refractivity contribution in [2.75, 3.05) is 0 Å². The molecule has 0 heterocycles. The molecule has 0 radical (unpaired) electrons. The topological polar surface area (TPSA) is 9.23 Å². The van der Waals surface area contributed by atoms with Crippen molar-refractivity contribution in [1.29, 1.82) is 0 Å². The molecule has 0 atom stereocenters. The highest BCUT2D eigenvalue weighted by Gasteiger charge is 2.03. The van der Waals surface area contributed by atoms with Crippen molar-refractivity contribution in [3.8, 4) is 5.75 Å². The van der Waals surface area contributed by atoms with Crippen LogP contribution in [0.1, 0.15) is 38.2 Å². The van der Waals surface area contributed by atoms with E-state index in [2.05, 4.69) is 50.3 Å². The normalized spacial score (nSPS) is 15.1. The molecule has 0 amide bonds. The largest absolute Gasteiger partial charge is 0.462 e. The molecule has 0 fully saturated rings. The van der Waals surface area contributed by atoms with Gasteiger partial charge in [-0.15, -0.1) is 0 Å². The van der Waals surface area contributed by atoms with Crippen LogP contribution in [0.4, 0.5) is 0 Å². The van der Waals surface area contributed by atoms with Crippen LogP contribution < -0.4 is 4.74 Å². The van der Waals surface area contributed by atoms with Gasteiger partial charge < -0.3 is 4.74 Å². The fourth-order valence-corrected chi connectivity index (χ4v) is 1.74. The van der Waals surface area contributed by atoms with E-state index in [1.807, 2.05) is 6.08 Å². The summed E-state index contributed by atoms with van der Waals surface area (Å²) in [6.07, 6.45) is 8.34. The van der Waals surface area contributed by atoms with Gasteiger partial charge in [0, 0.05) is 6.42 Å². The van der Waals surface area contributed by atoms with Crippen LogP contribution in [0.25, 0.3) is 0 Å². The van der Waals surface area contributed by atoms with Crippen molar-refractivity contribution in [2.45, 2.75) is 32.6 Å². The summed E-state index contributed by atoms with van der Waals surface area (Å²) in [7, 11) is 0. The number of rotatable bonds is 3. The summed E-state index contributed by atoms with van der Waals surface area (Å²) in [4.78, 5) is 0. The first-order chi connectivity index (χ1) is 7.75. The van der Waals surface area contributed by atoms with Gasteiger partial charge in [0.25, 0.3) is 0 Å². The second-order valence-electron chi connectivity index (χ2n) is 4.43. The highest BCUT2D eigenvalue weighted by Crippen LogP contribution is 2.22. The van der Waals surface area contributed by atoms with Crippen LogP contribution in [0, 0.1) is 0 Å². The Morgan fingerprint density at radius 2 is 1.88 bits per heavy atom. The molecule has 1 nitrogen and oxygen atoms in total. The fourth-order valence-electron chi connectivity index (χ4n) is 1.74. The minimum Gasteiger partial charge on any atom is -0.462 e. The maximum atomic E-state index is 5.80. The quantitative estimate of drug-likeness (QED) is 0.723. The second-order valence-corrected chi connectivity index (χ2v) is 4.43. The average Bonchev–Trinajstić information content (AvgIpc) is 2.31. The summed E-state index contributed by atoms with van der Waals surface area (Å²) in [5.41, 5.74) is 1.35. The minimum absolute atomic E-state index is 0.575. The van der Waals surface area contributed by atoms with E-state index in [9.17, 15) is 0 Å². The smallest absolute Gasteiger partial charge is 0.126 e. The molecule has 1 aliphatic rings. The second kappa shape index (κ2) is 5.02. The average molecular weight is 214 g/mol. The van der Waals surface area contributed by atoms with Crippen LogP contribution in [0.2, 0.25) is 0 Å². The van der Waals surface area contributed by atoms with Crippen LogP contribution in [-0.2, 0) is 0 Å². The summed E-state index contributed by atoms with van der Waals surface area (Å²) >= 11 is 0. The number of hydrogen-bond acceptors (Lipinski definition) is 1. The van der Waals surface area contributed by atoms with Gasteiger partial charge in [-0.25, -0.2) is 0 Å². The Bertz CT molecular complexity index is 396. The Kier molecular flexibility index (Phi) is 3.45. The molecule has 84 valence electrons. The van der Waals surface area contributed by atoms with E-state index < -0.39 is 0 Å². The molecule has 1 heteroatoms. The van der Waals surface area contributed by atoms with Crippen molar-refractivity contribution < 1.29 is 4.74 Å². The van der Waals surface area contributed by atoms with Gasteiger partial charge in [0.2, 0.25) is 0 Å². The molecular weight excluding hydrogens is 196 g/mol. The third kappa shape index (κ3) is 2.75. The van der Waals surface area contributed by atoms with Gasteiger partial charge in [-0.1, -0.05) is 38.1 Å². The van der Waals surface area contributed by atoms with Gasteiger partial charge >= 0.3 is 0 Å². The number of benzene rings is 1. The molecule has 0 spiro atoms. The first-order valence-corrected chi connectivity index (χ1v) is 5.89. The number of allylic oxidation sites excluding steroid dienone is 4. The third-order valence-corrected chi connectivity index (χ3v) is 2.77. The van der Waals surface area contributed by atoms with E-state index in [1.165, 1.54) is 5.56 Å². The summed E-state index contributed by atoms with van der Waals surface area (Å²) in [5.74, 6) is 2.57. The van der Waals surface area contributed by atoms with Crippen LogP contribution in [0.5, 0.6) is 5.75 Å². The van der Waals surface area contributed by atoms with E-state index in [1.54, 1.807) is 0 Å². The predicted octanol–water partition coefficient (Wildman–Crippen LogP) is 4.42. The fraction of sp³-hybridized carbons (Fsp3) is 0.333. The molecule has 1 aromatic rings. The Labute approximate surface area is 97.4 Å². The maximum absolute atomic E-state index is 5.80. The van der Waals surface area contributed by atoms with Crippen LogP contribution in [-0.4, -0.2) is 0 Å². The number of hydrogen-bond donors (Lipinski definition) is 0. The highest BCUT2D eigenvalue weighted by atomic mass is 16.5. The molecule has 0 saturated heterocycles. The van der Waals surface area contributed by atoms with Crippen molar-refractivity contribution in [2.24, 2.45) is 0 Å². The first kappa shape index (κ1) is 11.0. The zero-order valence-corrected chi connectivity index (χ0v) is 9.94. The van der Waals surface area contributed by atoms with E-state index in [0.717, 1.165) is 24.4 Å². The predicted molar refractivity (Wildman–Crippen MR) is 67.6 cm³/mol. The van der Waals surface area contributed by atoms with Gasteiger partial charge in [-0.2, -0.15) is 0 Å². The lowest BCUT2D eigenvalue weighted by Crippen LogP contribution is -1.97. The molecule has 1 aromatic carbocycles. The lowest BCUT2D eigenvalue weighted by molar-refractivity contribution is 0.402. The summed E-state index contributed by atoms with van der Waals surface area (Å²) in [6.45, 7) is 4.40. The van der Waals surface area contributed by atoms with Gasteiger partial charge in [0.1, 0.15) is 11.5 Å². The molecule has 0 aliphatic heterocycles. The zero-order chi connectivity index (χ0) is 11.4. The van der Waals surface area contributed by atoms with Crippen molar-refractivity contribution in [1.82, 2.24) is 0 Å². The van der Waals surface area contributed by atoms with E-state index in [4.69, 9.17) is 4.74 Å². The van der Waals surface area contributed by atoms with Crippen LogP contribution >= 0.6 is 0 Å². The molecular formula is C15H18O. The molecule has 1 aliphatic carbocycles. The summed E-state index contributed by atoms with van der Waals surface area (Å²) < 4.78 is 5.80. The molecule has 16 heavy (non-hydrogen) atoms. The summed E-state index contributed by atoms with van der Waals surface area (Å²) in [5, 5.41) is 0. The molecule has 0 N–H and O–H groups in total. The highest BCUT2D eigenvalue weighted by molar-refractivity contribution is 5.31. The molecule has 2 rings (SSSR count). The Hall–Kier alpha value is -1.50. The molecule has 0 saturated carbocycles. The van der Waals surface area contributed by atoms with Crippen molar-refractivity contribution in [3.63, 3.8) is 0 Å². The van der Waals surface area contributed by atoms with Crippen molar-refractivity contribution in [3.05, 3.63) is 53.8 Å². The minimum atomic E-state index is 0.575. The van der Waals surface area contributed by atoms with E-state index in [0.29, 0.717) is 5.92 Å². The summed E-state index contributed by atoms with van der Waals surface area (Å²) in [6, 6.07) is 8.38. The Morgan fingerprint density at radius 3 is 2.44 bits per heavy atom. The maximum Gasteiger partial charge on any atom is 0.126 e. The van der Waals surface area contributed by atoms with Crippen LogP contribution in [0.15, 0.2) is 48.3 Å². The Balaban J connectivity index is 2.05. The standard InChI is InChI=1S/C15H18O/c1-12(2)13-8-10-15(11-9-13)16-14-6-4-3-5-7-14/h3-4,6,8-12H,5,7H2,1-2H3. The van der Waals surface area contributed by atoms with Gasteiger partial charge in [-0.05, 0) is 36.1 Å².